The highest BCUT2D eigenvalue weighted by molar-refractivity contribution is 5.87. The van der Waals surface area contributed by atoms with Crippen molar-refractivity contribution < 1.29 is 19.1 Å². The van der Waals surface area contributed by atoms with Crippen LogP contribution in [0.25, 0.3) is 0 Å². The summed E-state index contributed by atoms with van der Waals surface area (Å²) in [5.74, 6) is -0.622. The first-order valence-corrected chi connectivity index (χ1v) is 10.7. The number of nitrogens with one attached hydrogen (secondary N) is 1. The fraction of sp³-hybridized carbons (Fsp3) is 0.842. The number of carbonyl (C=O) groups excluding carboxylic acids is 3. The molecule has 0 aromatic rings. The number of hydrogen-bond acceptors (Lipinski definition) is 8. The van der Waals surface area contributed by atoms with E-state index in [9.17, 15) is 14.4 Å². The molecule has 0 aromatic heterocycles. The zero-order chi connectivity index (χ0) is 22.8. The summed E-state index contributed by atoms with van der Waals surface area (Å²) < 4.78 is 4.83. The van der Waals surface area contributed by atoms with Gasteiger partial charge in [-0.05, 0) is 58.2 Å². The number of rotatable bonds is 18. The van der Waals surface area contributed by atoms with Crippen LogP contribution in [-0.2, 0) is 14.3 Å². The molecule has 2 atom stereocenters. The molecule has 30 heavy (non-hydrogen) atoms. The molecule has 0 rings (SSSR count). The predicted octanol–water partition coefficient (Wildman–Crippen LogP) is -1.28. The lowest BCUT2D eigenvalue weighted by atomic mass is 10.1. The lowest BCUT2D eigenvalue weighted by Gasteiger charge is -2.26. The van der Waals surface area contributed by atoms with Gasteiger partial charge in [-0.15, -0.1) is 0 Å². The molecule has 0 radical (unpaired) electrons. The lowest BCUT2D eigenvalue weighted by molar-refractivity contribution is -0.137. The van der Waals surface area contributed by atoms with Gasteiger partial charge < -0.3 is 43.6 Å². The second-order valence-electron chi connectivity index (χ2n) is 7.33. The lowest BCUT2D eigenvalue weighted by Crippen LogP contribution is -2.50. The second-order valence-corrected chi connectivity index (χ2v) is 7.33. The van der Waals surface area contributed by atoms with Crippen LogP contribution in [0.1, 0.15) is 51.4 Å². The largest absolute Gasteiger partial charge is 0.448 e. The molecule has 11 heteroatoms. The van der Waals surface area contributed by atoms with E-state index >= 15 is 0 Å². The summed E-state index contributed by atoms with van der Waals surface area (Å²) in [6, 6.07) is -1.09. The highest BCUT2D eigenvalue weighted by Crippen LogP contribution is 2.06. The summed E-state index contributed by atoms with van der Waals surface area (Å²) in [5.41, 5.74) is 27.6. The molecular weight excluding hydrogens is 390 g/mol. The first-order valence-electron chi connectivity index (χ1n) is 10.7. The van der Waals surface area contributed by atoms with Crippen LogP contribution in [-0.4, -0.2) is 74.2 Å². The van der Waals surface area contributed by atoms with E-state index in [1.165, 1.54) is 4.90 Å². The Labute approximate surface area is 179 Å². The third kappa shape index (κ3) is 14.1. The fourth-order valence-corrected chi connectivity index (χ4v) is 2.94. The van der Waals surface area contributed by atoms with Gasteiger partial charge in [-0.3, -0.25) is 9.59 Å². The Morgan fingerprint density at radius 3 is 2.00 bits per heavy atom. The van der Waals surface area contributed by atoms with E-state index < -0.39 is 18.2 Å². The van der Waals surface area contributed by atoms with Crippen LogP contribution < -0.4 is 34.0 Å². The zero-order valence-electron chi connectivity index (χ0n) is 18.0. The summed E-state index contributed by atoms with van der Waals surface area (Å²) in [6.07, 6.45) is 4.68. The first kappa shape index (κ1) is 28.1. The van der Waals surface area contributed by atoms with Crippen molar-refractivity contribution in [3.8, 4) is 0 Å². The molecule has 0 aliphatic carbocycles. The fourth-order valence-electron chi connectivity index (χ4n) is 2.94. The predicted molar refractivity (Wildman–Crippen MR) is 116 cm³/mol. The molecule has 3 amide bonds. The molecule has 0 aliphatic heterocycles. The summed E-state index contributed by atoms with van der Waals surface area (Å²) in [7, 11) is 0. The molecule has 0 spiro atoms. The van der Waals surface area contributed by atoms with Crippen molar-refractivity contribution in [2.24, 2.45) is 28.7 Å². The van der Waals surface area contributed by atoms with Crippen molar-refractivity contribution in [1.29, 1.82) is 0 Å². The van der Waals surface area contributed by atoms with Crippen LogP contribution in [0.2, 0.25) is 0 Å². The number of primary amides is 1. The number of ether oxygens (including phenoxy) is 1. The van der Waals surface area contributed by atoms with Crippen LogP contribution in [0.15, 0.2) is 0 Å². The van der Waals surface area contributed by atoms with Gasteiger partial charge in [0.2, 0.25) is 11.8 Å². The van der Waals surface area contributed by atoms with E-state index in [1.807, 2.05) is 0 Å². The van der Waals surface area contributed by atoms with E-state index in [2.05, 4.69) is 5.32 Å². The average Bonchev–Trinajstić information content (AvgIpc) is 2.70. The number of nitrogens with two attached hydrogens (primary N) is 5. The van der Waals surface area contributed by atoms with Crippen LogP contribution in [0.4, 0.5) is 4.79 Å². The number of nitrogens with zero attached hydrogens (tertiary/aromatic N) is 1. The summed E-state index contributed by atoms with van der Waals surface area (Å²) in [6.45, 7) is 1.81. The van der Waals surface area contributed by atoms with Gasteiger partial charge in [0, 0.05) is 6.54 Å². The van der Waals surface area contributed by atoms with Gasteiger partial charge in [0.1, 0.15) is 6.61 Å². The summed E-state index contributed by atoms with van der Waals surface area (Å²) >= 11 is 0. The van der Waals surface area contributed by atoms with Crippen molar-refractivity contribution in [1.82, 2.24) is 10.2 Å². The van der Waals surface area contributed by atoms with E-state index in [1.54, 1.807) is 0 Å². The van der Waals surface area contributed by atoms with Gasteiger partial charge in [0.15, 0.2) is 0 Å². The summed E-state index contributed by atoms with van der Waals surface area (Å²) in [5, 5.41) is 2.81. The maximum atomic E-state index is 12.7. The minimum absolute atomic E-state index is 0.0363. The monoisotopic (exact) mass is 431 g/mol. The molecule has 0 aromatic carbocycles. The maximum Gasteiger partial charge on any atom is 0.404 e. The minimum Gasteiger partial charge on any atom is -0.448 e. The molecular formula is C19H41N7O4. The smallest absolute Gasteiger partial charge is 0.404 e. The maximum absolute atomic E-state index is 12.7. The molecule has 0 aliphatic rings. The van der Waals surface area contributed by atoms with E-state index in [-0.39, 0.29) is 25.0 Å². The topological polar surface area (TPSA) is 206 Å². The van der Waals surface area contributed by atoms with Crippen molar-refractivity contribution in [2.45, 2.75) is 63.5 Å². The Morgan fingerprint density at radius 1 is 0.867 bits per heavy atom. The second kappa shape index (κ2) is 17.9. The third-order valence-electron chi connectivity index (χ3n) is 4.61. The third-order valence-corrected chi connectivity index (χ3v) is 4.61. The van der Waals surface area contributed by atoms with Crippen molar-refractivity contribution in [3.05, 3.63) is 0 Å². The number of unbranched alkanes of at least 4 members (excludes halogenated alkanes) is 3. The molecule has 0 bridgehead atoms. The van der Waals surface area contributed by atoms with Crippen LogP contribution in [0.5, 0.6) is 0 Å². The Hall–Kier alpha value is -1.95. The zero-order valence-corrected chi connectivity index (χ0v) is 18.0. The van der Waals surface area contributed by atoms with Crippen LogP contribution >= 0.6 is 0 Å². The van der Waals surface area contributed by atoms with Gasteiger partial charge in [-0.25, -0.2) is 4.79 Å². The highest BCUT2D eigenvalue weighted by Gasteiger charge is 2.24. The quantitative estimate of drug-likeness (QED) is 0.144. The van der Waals surface area contributed by atoms with Crippen LogP contribution in [0.3, 0.4) is 0 Å². The Morgan fingerprint density at radius 2 is 1.43 bits per heavy atom. The molecule has 0 fully saturated rings. The summed E-state index contributed by atoms with van der Waals surface area (Å²) in [4.78, 5) is 37.7. The van der Waals surface area contributed by atoms with Gasteiger partial charge >= 0.3 is 6.09 Å². The van der Waals surface area contributed by atoms with Crippen molar-refractivity contribution in [2.75, 3.05) is 39.3 Å². The molecule has 176 valence electrons. The Balaban J connectivity index is 4.89. The molecule has 0 heterocycles. The number of carbonyl (C=O) groups is 3. The molecule has 11 N–H and O–H groups in total. The standard InChI is InChI=1S/C19H41N7O4/c20-9-3-1-7-15(14-30-19(24)29)25-17(27)13-26(12-6-5-11-22)18(28)16(23)8-2-4-10-21/h15-16H,1-14,20-23H2,(H2,24,29)(H,25,27)/t15-,16-/m0/s1. The van der Waals surface area contributed by atoms with Gasteiger partial charge in [0.25, 0.3) is 0 Å². The molecule has 0 saturated heterocycles. The Kier molecular flexibility index (Phi) is 16.7. The number of hydrogen-bond donors (Lipinski definition) is 6. The van der Waals surface area contributed by atoms with Crippen molar-refractivity contribution >= 4 is 17.9 Å². The normalized spacial score (nSPS) is 12.8. The molecule has 11 nitrogen and oxygen atoms in total. The molecule has 0 saturated carbocycles. The van der Waals surface area contributed by atoms with E-state index in [0.717, 1.165) is 32.1 Å². The van der Waals surface area contributed by atoms with E-state index in [4.69, 9.17) is 33.4 Å². The minimum atomic E-state index is -0.907. The van der Waals surface area contributed by atoms with Crippen LogP contribution in [0, 0.1) is 0 Å². The Bertz CT molecular complexity index is 494. The average molecular weight is 432 g/mol. The SMILES string of the molecule is NCCCC[C@@H](COC(N)=O)NC(=O)CN(CCCCN)C(=O)[C@@H](N)CCCCN. The van der Waals surface area contributed by atoms with Crippen molar-refractivity contribution in [3.63, 3.8) is 0 Å². The number of amides is 3. The molecule has 0 unspecified atom stereocenters. The first-order chi connectivity index (χ1) is 14.3. The van der Waals surface area contributed by atoms with E-state index in [0.29, 0.717) is 45.4 Å². The van der Waals surface area contributed by atoms with Gasteiger partial charge in [0.05, 0.1) is 18.6 Å². The van der Waals surface area contributed by atoms with Gasteiger partial charge in [-0.2, -0.15) is 0 Å². The highest BCUT2D eigenvalue weighted by atomic mass is 16.5. The van der Waals surface area contributed by atoms with Gasteiger partial charge in [-0.1, -0.05) is 12.8 Å².